The van der Waals surface area contributed by atoms with E-state index < -0.39 is 5.97 Å². The average Bonchev–Trinajstić information content (AvgIpc) is 3.72. The maximum absolute atomic E-state index is 12.7. The van der Waals surface area contributed by atoms with Crippen molar-refractivity contribution in [3.05, 3.63) is 95.9 Å². The number of nitrogens with zero attached hydrogens (tertiary/aromatic N) is 5. The molecule has 0 aliphatic carbocycles. The van der Waals surface area contributed by atoms with Gasteiger partial charge in [-0.2, -0.15) is 0 Å². The van der Waals surface area contributed by atoms with E-state index in [1.54, 1.807) is 20.2 Å². The maximum atomic E-state index is 12.7. The number of hydrogen-bond acceptors (Lipinski definition) is 10. The van der Waals surface area contributed by atoms with Gasteiger partial charge in [-0.15, -0.1) is 5.10 Å². The largest absolute Gasteiger partial charge is 0.497 e. The van der Waals surface area contributed by atoms with Gasteiger partial charge in [0, 0.05) is 42.7 Å². The fourth-order valence-corrected chi connectivity index (χ4v) is 4.90. The number of hydrogen-bond donors (Lipinski definition) is 1. The summed E-state index contributed by atoms with van der Waals surface area (Å²) >= 11 is 0. The Morgan fingerprint density at radius 2 is 1.86 bits per heavy atom. The Morgan fingerprint density at radius 3 is 2.58 bits per heavy atom. The molecule has 0 bridgehead atoms. The predicted octanol–water partition coefficient (Wildman–Crippen LogP) is 5.40. The number of imidazole rings is 1. The Morgan fingerprint density at radius 1 is 1.05 bits per heavy atom. The number of methoxy groups -OCH3 is 1. The Kier molecular flexibility index (Phi) is 8.16. The van der Waals surface area contributed by atoms with Gasteiger partial charge in [-0.25, -0.2) is 14.3 Å². The molecule has 1 aliphatic rings. The van der Waals surface area contributed by atoms with E-state index in [4.69, 9.17) is 24.0 Å². The molecule has 220 valence electrons. The minimum Gasteiger partial charge on any atom is -0.497 e. The molecule has 6 rings (SSSR count). The van der Waals surface area contributed by atoms with Crippen molar-refractivity contribution in [1.29, 1.82) is 0 Å². The van der Waals surface area contributed by atoms with Crippen LogP contribution >= 0.6 is 0 Å². The summed E-state index contributed by atoms with van der Waals surface area (Å²) in [6.45, 7) is 3.77. The molecule has 1 fully saturated rings. The summed E-state index contributed by atoms with van der Waals surface area (Å²) in [4.78, 5) is 24.0. The number of anilines is 3. The highest BCUT2D eigenvalue weighted by Crippen LogP contribution is 2.30. The van der Waals surface area contributed by atoms with Crippen molar-refractivity contribution < 1.29 is 23.7 Å². The van der Waals surface area contributed by atoms with Crippen LogP contribution in [0.25, 0.3) is 16.9 Å². The lowest BCUT2D eigenvalue weighted by atomic mass is 10.1. The highest BCUT2D eigenvalue weighted by molar-refractivity contribution is 5.89. The molecular formula is C32H32N6O5. The van der Waals surface area contributed by atoms with Gasteiger partial charge in [0.2, 0.25) is 0 Å². The van der Waals surface area contributed by atoms with Gasteiger partial charge in [-0.3, -0.25) is 4.98 Å². The molecule has 4 heterocycles. The highest BCUT2D eigenvalue weighted by Gasteiger charge is 2.21. The fraction of sp³-hybridized carbons (Fsp3) is 0.250. The first-order valence-corrected chi connectivity index (χ1v) is 14.0. The number of carbonyl (C=O) groups is 1. The van der Waals surface area contributed by atoms with Crippen LogP contribution in [-0.4, -0.2) is 59.5 Å². The minimum atomic E-state index is -0.492. The fourth-order valence-electron chi connectivity index (χ4n) is 4.90. The summed E-state index contributed by atoms with van der Waals surface area (Å²) in [6, 6.07) is 21.6. The van der Waals surface area contributed by atoms with Gasteiger partial charge in [0.05, 0.1) is 44.5 Å². The van der Waals surface area contributed by atoms with E-state index in [0.29, 0.717) is 31.2 Å². The number of ether oxygens (including phenoxy) is 4. The van der Waals surface area contributed by atoms with Crippen LogP contribution in [0, 0.1) is 0 Å². The molecule has 0 unspecified atom stereocenters. The van der Waals surface area contributed by atoms with Crippen LogP contribution in [0.2, 0.25) is 0 Å². The summed E-state index contributed by atoms with van der Waals surface area (Å²) < 4.78 is 23.2. The standard InChI is InChI=1S/C32H32N6O5/c1-4-41-31(39)28-19-34-30-27(37(2)20-21-8-11-25(40-3)12-9-21)17-29(36-38(28)30)35-24-7-5-6-22(16-24)26-13-10-23(18-33-26)32-42-14-15-43-32/h5-13,16-19,32H,4,14-15,20H2,1-3H3,(H,35,36). The molecule has 1 saturated heterocycles. The van der Waals surface area contributed by atoms with Crippen molar-refractivity contribution in [2.45, 2.75) is 19.8 Å². The number of esters is 1. The number of pyridine rings is 1. The Bertz CT molecular complexity index is 1720. The third-order valence-corrected chi connectivity index (χ3v) is 7.03. The zero-order valence-electron chi connectivity index (χ0n) is 24.2. The van der Waals surface area contributed by atoms with Crippen LogP contribution in [0.15, 0.2) is 79.1 Å². The van der Waals surface area contributed by atoms with E-state index >= 15 is 0 Å². The van der Waals surface area contributed by atoms with Crippen molar-refractivity contribution >= 4 is 28.8 Å². The lowest BCUT2D eigenvalue weighted by molar-refractivity contribution is -0.0443. The van der Waals surface area contributed by atoms with E-state index in [2.05, 4.69) is 20.2 Å². The monoisotopic (exact) mass is 580 g/mol. The molecule has 0 atom stereocenters. The summed E-state index contributed by atoms with van der Waals surface area (Å²) in [7, 11) is 3.62. The van der Waals surface area contributed by atoms with Gasteiger partial charge in [0.15, 0.2) is 23.4 Å². The normalized spacial score (nSPS) is 13.3. The number of rotatable bonds is 10. The molecular weight excluding hydrogens is 548 g/mol. The maximum Gasteiger partial charge on any atom is 0.358 e. The summed E-state index contributed by atoms with van der Waals surface area (Å²) in [5.41, 5.74) is 6.09. The summed E-state index contributed by atoms with van der Waals surface area (Å²) in [6.07, 6.45) is 2.91. The van der Waals surface area contributed by atoms with Crippen molar-refractivity contribution in [1.82, 2.24) is 19.6 Å². The van der Waals surface area contributed by atoms with Crippen molar-refractivity contribution in [2.75, 3.05) is 44.2 Å². The van der Waals surface area contributed by atoms with Crippen LogP contribution < -0.4 is 15.0 Å². The smallest absolute Gasteiger partial charge is 0.358 e. The Hall–Kier alpha value is -5.00. The zero-order chi connectivity index (χ0) is 29.8. The van der Waals surface area contributed by atoms with Gasteiger partial charge in [-0.1, -0.05) is 30.3 Å². The molecule has 0 amide bonds. The second kappa shape index (κ2) is 12.5. The lowest BCUT2D eigenvalue weighted by Crippen LogP contribution is -2.19. The topological polar surface area (TPSA) is 112 Å². The Labute approximate surface area is 249 Å². The first kappa shape index (κ1) is 28.1. The third kappa shape index (κ3) is 6.13. The van der Waals surface area contributed by atoms with Crippen molar-refractivity contribution in [3.8, 4) is 17.0 Å². The molecule has 2 aromatic carbocycles. The zero-order valence-corrected chi connectivity index (χ0v) is 24.2. The highest BCUT2D eigenvalue weighted by atomic mass is 16.7. The molecule has 5 aromatic rings. The number of nitrogens with one attached hydrogen (secondary N) is 1. The molecule has 0 saturated carbocycles. The summed E-state index contributed by atoms with van der Waals surface area (Å²) in [5, 5.41) is 8.12. The second-order valence-corrected chi connectivity index (χ2v) is 9.97. The number of fused-ring (bicyclic) bond motifs is 1. The number of aromatic nitrogens is 4. The molecule has 43 heavy (non-hydrogen) atoms. The number of carbonyl (C=O) groups excluding carboxylic acids is 1. The van der Waals surface area contributed by atoms with Crippen LogP contribution in [0.3, 0.4) is 0 Å². The molecule has 3 aromatic heterocycles. The molecule has 11 nitrogen and oxygen atoms in total. The van der Waals surface area contributed by atoms with Gasteiger partial charge < -0.3 is 29.2 Å². The van der Waals surface area contributed by atoms with Crippen LogP contribution in [0.4, 0.5) is 17.2 Å². The SMILES string of the molecule is CCOC(=O)c1cnc2c(N(C)Cc3ccc(OC)cc3)cc(Nc3cccc(-c4ccc(C5OCCO5)cn4)c3)nn12. The lowest BCUT2D eigenvalue weighted by Gasteiger charge is -2.21. The third-order valence-electron chi connectivity index (χ3n) is 7.03. The van der Waals surface area contributed by atoms with E-state index in [1.807, 2.05) is 73.8 Å². The van der Waals surface area contributed by atoms with Crippen LogP contribution in [0.5, 0.6) is 5.75 Å². The van der Waals surface area contributed by atoms with Gasteiger partial charge in [-0.05, 0) is 42.8 Å². The van der Waals surface area contributed by atoms with E-state index in [9.17, 15) is 4.79 Å². The first-order valence-electron chi connectivity index (χ1n) is 14.0. The molecule has 0 radical (unpaired) electrons. The van der Waals surface area contributed by atoms with E-state index in [1.165, 1.54) is 10.7 Å². The van der Waals surface area contributed by atoms with Gasteiger partial charge in [0.1, 0.15) is 5.75 Å². The quantitative estimate of drug-likeness (QED) is 0.215. The second-order valence-electron chi connectivity index (χ2n) is 9.97. The molecule has 0 spiro atoms. The number of benzene rings is 2. The van der Waals surface area contributed by atoms with Gasteiger partial charge >= 0.3 is 5.97 Å². The summed E-state index contributed by atoms with van der Waals surface area (Å²) in [5.74, 6) is 0.832. The van der Waals surface area contributed by atoms with Crippen LogP contribution in [-0.2, 0) is 20.8 Å². The molecule has 1 aliphatic heterocycles. The predicted molar refractivity (Wildman–Crippen MR) is 162 cm³/mol. The van der Waals surface area contributed by atoms with E-state index in [0.717, 1.165) is 39.5 Å². The molecule has 11 heteroatoms. The average molecular weight is 581 g/mol. The van der Waals surface area contributed by atoms with E-state index in [-0.39, 0.29) is 18.6 Å². The molecule has 1 N–H and O–H groups in total. The minimum absolute atomic E-state index is 0.243. The first-order chi connectivity index (χ1) is 21.0. The van der Waals surface area contributed by atoms with Crippen LogP contribution in [0.1, 0.15) is 34.8 Å². The van der Waals surface area contributed by atoms with Gasteiger partial charge in [0.25, 0.3) is 0 Å². The van der Waals surface area contributed by atoms with Crippen molar-refractivity contribution in [2.24, 2.45) is 0 Å². The Balaban J connectivity index is 1.31. The van der Waals surface area contributed by atoms with Crippen molar-refractivity contribution in [3.63, 3.8) is 0 Å².